The number of benzene rings is 1. The summed E-state index contributed by atoms with van der Waals surface area (Å²) in [7, 11) is 0. The van der Waals surface area contributed by atoms with Gasteiger partial charge in [-0.25, -0.2) is 4.79 Å². The summed E-state index contributed by atoms with van der Waals surface area (Å²) in [6.45, 7) is -0.423. The van der Waals surface area contributed by atoms with E-state index in [1.807, 2.05) is 0 Å². The molecule has 0 aromatic heterocycles. The summed E-state index contributed by atoms with van der Waals surface area (Å²) in [6, 6.07) is 5.11. The molecular weight excluding hydrogens is 350 g/mol. The van der Waals surface area contributed by atoms with Gasteiger partial charge in [-0.3, -0.25) is 14.9 Å². The van der Waals surface area contributed by atoms with E-state index in [4.69, 9.17) is 9.84 Å². The minimum Gasteiger partial charge on any atom is -0.481 e. The van der Waals surface area contributed by atoms with E-state index in [-0.39, 0.29) is 11.1 Å². The van der Waals surface area contributed by atoms with Crippen molar-refractivity contribution in [1.29, 1.82) is 0 Å². The number of carbonyl (C=O) groups is 3. The Bertz CT molecular complexity index is 577. The second-order valence-electron chi connectivity index (χ2n) is 4.03. The fraction of sp³-hybridized carbons (Fsp3) is 0.250. The van der Waals surface area contributed by atoms with Crippen LogP contribution in [0.1, 0.15) is 5.56 Å². The number of nitrogens with one attached hydrogen (secondary N) is 1. The van der Waals surface area contributed by atoms with Crippen LogP contribution in [-0.4, -0.2) is 34.1 Å². The lowest BCUT2D eigenvalue weighted by Gasteiger charge is -2.09. The minimum atomic E-state index is -1.06. The maximum Gasteiger partial charge on any atom is 0.341 e. The van der Waals surface area contributed by atoms with Crippen LogP contribution in [0.3, 0.4) is 0 Å². The zero-order valence-electron chi connectivity index (χ0n) is 10.1. The van der Waals surface area contributed by atoms with E-state index in [9.17, 15) is 14.4 Å². The average molecular weight is 360 g/mol. The first-order chi connectivity index (χ1) is 9.45. The third kappa shape index (κ3) is 3.73. The molecule has 1 aliphatic heterocycles. The molecule has 2 N–H and O–H groups in total. The van der Waals surface area contributed by atoms with Crippen LogP contribution in [0.2, 0.25) is 0 Å². The number of amides is 2. The van der Waals surface area contributed by atoms with Gasteiger partial charge in [0, 0.05) is 0 Å². The monoisotopic (exact) mass is 359 g/mol. The molecule has 1 aromatic carbocycles. The van der Waals surface area contributed by atoms with Crippen molar-refractivity contribution in [2.75, 3.05) is 6.61 Å². The fourth-order valence-electron chi connectivity index (χ4n) is 1.67. The third-order valence-electron chi connectivity index (χ3n) is 2.54. The van der Waals surface area contributed by atoms with Gasteiger partial charge in [0.2, 0.25) is 5.91 Å². The molecule has 1 heterocycles. The molecule has 20 heavy (non-hydrogen) atoms. The Morgan fingerprint density at radius 1 is 1.45 bits per heavy atom. The number of aliphatic carboxylic acids is 1. The van der Waals surface area contributed by atoms with Gasteiger partial charge in [0.1, 0.15) is 5.75 Å². The van der Waals surface area contributed by atoms with Crippen molar-refractivity contribution in [2.24, 2.45) is 0 Å². The normalized spacial score (nSPS) is 17.9. The number of rotatable bonds is 5. The lowest BCUT2D eigenvalue weighted by molar-refractivity contribution is -0.139. The molecule has 1 saturated heterocycles. The largest absolute Gasteiger partial charge is 0.481 e. The van der Waals surface area contributed by atoms with Crippen LogP contribution >= 0.6 is 27.7 Å². The first-order valence-corrected chi connectivity index (χ1v) is 7.27. The number of hydrogen-bond donors (Lipinski definition) is 2. The molecule has 1 unspecified atom stereocenters. The Morgan fingerprint density at radius 3 is 2.75 bits per heavy atom. The molecule has 1 fully saturated rings. The first-order valence-electron chi connectivity index (χ1n) is 5.60. The fourth-order valence-corrected chi connectivity index (χ4v) is 3.07. The number of imide groups is 1. The molecule has 106 valence electrons. The van der Waals surface area contributed by atoms with Crippen LogP contribution in [-0.2, 0) is 16.0 Å². The predicted molar refractivity (Wildman–Crippen MR) is 75.9 cm³/mol. The van der Waals surface area contributed by atoms with Gasteiger partial charge in [0.15, 0.2) is 6.61 Å². The van der Waals surface area contributed by atoms with Gasteiger partial charge >= 0.3 is 5.97 Å². The zero-order chi connectivity index (χ0) is 14.7. The Kier molecular flexibility index (Phi) is 4.66. The molecule has 2 amide bonds. The average Bonchev–Trinajstić information content (AvgIpc) is 2.66. The van der Waals surface area contributed by atoms with Gasteiger partial charge in [-0.15, -0.1) is 0 Å². The summed E-state index contributed by atoms with van der Waals surface area (Å²) in [6.07, 6.45) is 0.417. The highest BCUT2D eigenvalue weighted by atomic mass is 79.9. The molecule has 0 spiro atoms. The summed E-state index contributed by atoms with van der Waals surface area (Å²) < 4.78 is 5.68. The minimum absolute atomic E-state index is 0.290. The Labute approximate surface area is 127 Å². The molecule has 0 bridgehead atoms. The van der Waals surface area contributed by atoms with Gasteiger partial charge in [-0.05, 0) is 40.0 Å². The zero-order valence-corrected chi connectivity index (χ0v) is 12.5. The molecule has 1 aliphatic rings. The van der Waals surface area contributed by atoms with Crippen LogP contribution in [0.5, 0.6) is 5.75 Å². The summed E-state index contributed by atoms with van der Waals surface area (Å²) in [4.78, 5) is 33.0. The highest BCUT2D eigenvalue weighted by Crippen LogP contribution is 2.29. The SMILES string of the molecule is O=C(O)COc1ccc(CC2SC(=O)NC2=O)cc1Br. The summed E-state index contributed by atoms with van der Waals surface area (Å²) in [5.41, 5.74) is 0.849. The van der Waals surface area contributed by atoms with Crippen LogP contribution in [0.4, 0.5) is 4.79 Å². The lowest BCUT2D eigenvalue weighted by atomic mass is 10.1. The molecule has 1 atom stereocenters. The van der Waals surface area contributed by atoms with E-state index in [2.05, 4.69) is 21.2 Å². The van der Waals surface area contributed by atoms with Crippen molar-refractivity contribution in [2.45, 2.75) is 11.7 Å². The molecule has 0 aliphatic carbocycles. The van der Waals surface area contributed by atoms with Gasteiger partial charge < -0.3 is 9.84 Å². The molecule has 1 aromatic rings. The van der Waals surface area contributed by atoms with Crippen molar-refractivity contribution in [3.63, 3.8) is 0 Å². The Morgan fingerprint density at radius 2 is 2.20 bits per heavy atom. The Balaban J connectivity index is 2.03. The molecule has 0 radical (unpaired) electrons. The van der Waals surface area contributed by atoms with Crippen molar-refractivity contribution >= 4 is 44.8 Å². The number of carboxylic acids is 1. The third-order valence-corrected chi connectivity index (χ3v) is 4.14. The van der Waals surface area contributed by atoms with Gasteiger partial charge in [-0.2, -0.15) is 0 Å². The summed E-state index contributed by atoms with van der Waals surface area (Å²) >= 11 is 4.25. The molecular formula is C12H10BrNO5S. The molecule has 8 heteroatoms. The first kappa shape index (κ1) is 14.9. The predicted octanol–water partition coefficient (Wildman–Crippen LogP) is 1.81. The van der Waals surface area contributed by atoms with E-state index in [1.165, 1.54) is 0 Å². The van der Waals surface area contributed by atoms with Gasteiger partial charge in [0.25, 0.3) is 5.24 Å². The van der Waals surface area contributed by atoms with Crippen LogP contribution < -0.4 is 10.1 Å². The highest BCUT2D eigenvalue weighted by Gasteiger charge is 2.31. The number of carboxylic acid groups (broad SMARTS) is 1. The number of halogens is 1. The Hall–Kier alpha value is -1.54. The number of thioether (sulfide) groups is 1. The highest BCUT2D eigenvalue weighted by molar-refractivity contribution is 9.10. The van der Waals surface area contributed by atoms with Gasteiger partial charge in [0.05, 0.1) is 9.72 Å². The van der Waals surface area contributed by atoms with Crippen molar-refractivity contribution in [3.05, 3.63) is 28.2 Å². The molecule has 2 rings (SSSR count). The number of carbonyl (C=O) groups excluding carboxylic acids is 2. The van der Waals surface area contributed by atoms with E-state index in [0.717, 1.165) is 17.3 Å². The second-order valence-corrected chi connectivity index (χ2v) is 6.06. The van der Waals surface area contributed by atoms with Crippen molar-refractivity contribution < 1.29 is 24.2 Å². The van der Waals surface area contributed by atoms with E-state index < -0.39 is 17.8 Å². The van der Waals surface area contributed by atoms with E-state index >= 15 is 0 Å². The van der Waals surface area contributed by atoms with Crippen LogP contribution in [0.15, 0.2) is 22.7 Å². The second kappa shape index (κ2) is 6.27. The topological polar surface area (TPSA) is 92.7 Å². The van der Waals surface area contributed by atoms with Crippen molar-refractivity contribution in [3.8, 4) is 5.75 Å². The van der Waals surface area contributed by atoms with Crippen molar-refractivity contribution in [1.82, 2.24) is 5.32 Å². The van der Waals surface area contributed by atoms with E-state index in [0.29, 0.717) is 16.6 Å². The molecule has 6 nitrogen and oxygen atoms in total. The maximum atomic E-state index is 11.5. The standard InChI is InChI=1S/C12H10BrNO5S/c13-7-3-6(1-2-8(7)19-5-10(15)16)4-9-11(17)14-12(18)20-9/h1-3,9H,4-5H2,(H,15,16)(H,14,17,18). The lowest BCUT2D eigenvalue weighted by Crippen LogP contribution is -2.25. The smallest absolute Gasteiger partial charge is 0.341 e. The number of hydrogen-bond acceptors (Lipinski definition) is 5. The number of ether oxygens (including phenoxy) is 1. The summed E-state index contributed by atoms with van der Waals surface area (Å²) in [5, 5.41) is 10.0. The van der Waals surface area contributed by atoms with Crippen LogP contribution in [0, 0.1) is 0 Å². The van der Waals surface area contributed by atoms with Crippen LogP contribution in [0.25, 0.3) is 0 Å². The molecule has 0 saturated carbocycles. The quantitative estimate of drug-likeness (QED) is 0.832. The summed E-state index contributed by atoms with van der Waals surface area (Å²) in [5.74, 6) is -0.934. The van der Waals surface area contributed by atoms with E-state index in [1.54, 1.807) is 18.2 Å². The van der Waals surface area contributed by atoms with Gasteiger partial charge in [-0.1, -0.05) is 17.8 Å². The maximum absolute atomic E-state index is 11.5.